The molecule has 8 heteroatoms. The first-order valence-electron chi connectivity index (χ1n) is 9.70. The molecule has 30 heavy (non-hydrogen) atoms. The van der Waals surface area contributed by atoms with Gasteiger partial charge in [0.1, 0.15) is 12.4 Å². The summed E-state index contributed by atoms with van der Waals surface area (Å²) in [5.74, 6) is 0.495. The molecule has 1 aliphatic rings. The molecule has 158 valence electrons. The molecule has 1 heterocycles. The summed E-state index contributed by atoms with van der Waals surface area (Å²) in [7, 11) is 0. The van der Waals surface area contributed by atoms with E-state index < -0.39 is 18.0 Å². The van der Waals surface area contributed by atoms with Gasteiger partial charge in [0.05, 0.1) is 6.42 Å². The molecule has 1 saturated heterocycles. The fourth-order valence-corrected chi connectivity index (χ4v) is 3.64. The SMILES string of the molecule is CC(OC(=O)CCN1CCSC1=O)C(=O)Nc1ccc(OCc2ccccc2)cc1. The molecule has 1 N–H and O–H groups in total. The molecule has 1 unspecified atom stereocenters. The van der Waals surface area contributed by atoms with Crippen LogP contribution in [0.25, 0.3) is 0 Å². The van der Waals surface area contributed by atoms with Crippen LogP contribution in [0.3, 0.4) is 0 Å². The number of anilines is 1. The Hall–Kier alpha value is -3.00. The van der Waals surface area contributed by atoms with Crippen LogP contribution in [-0.2, 0) is 20.9 Å². The maximum Gasteiger partial charge on any atom is 0.308 e. The highest BCUT2D eigenvalue weighted by Crippen LogP contribution is 2.18. The van der Waals surface area contributed by atoms with Crippen LogP contribution in [0.4, 0.5) is 10.5 Å². The highest BCUT2D eigenvalue weighted by Gasteiger charge is 2.23. The molecule has 0 saturated carbocycles. The maximum atomic E-state index is 12.3. The minimum Gasteiger partial charge on any atom is -0.489 e. The lowest BCUT2D eigenvalue weighted by Crippen LogP contribution is -2.32. The molecule has 1 aliphatic heterocycles. The molecule has 1 atom stereocenters. The number of amides is 2. The van der Waals surface area contributed by atoms with E-state index in [0.717, 1.165) is 11.3 Å². The van der Waals surface area contributed by atoms with Crippen molar-refractivity contribution < 1.29 is 23.9 Å². The average Bonchev–Trinajstić information content (AvgIpc) is 3.17. The molecular weight excluding hydrogens is 404 g/mol. The number of nitrogens with one attached hydrogen (secondary N) is 1. The molecule has 0 bridgehead atoms. The lowest BCUT2D eigenvalue weighted by molar-refractivity contribution is -0.153. The normalized spacial score (nSPS) is 14.3. The lowest BCUT2D eigenvalue weighted by atomic mass is 10.2. The second kappa shape index (κ2) is 10.7. The minimum absolute atomic E-state index is 0.0233. The van der Waals surface area contributed by atoms with Crippen LogP contribution in [0.2, 0.25) is 0 Å². The quantitative estimate of drug-likeness (QED) is 0.613. The standard InChI is InChI=1S/C22H24N2O5S/c1-16(29-20(25)11-12-24-13-14-30-22(24)27)21(26)23-18-7-9-19(10-8-18)28-15-17-5-3-2-4-6-17/h2-10,16H,11-15H2,1H3,(H,23,26). The number of carbonyl (C=O) groups is 3. The Morgan fingerprint density at radius 2 is 1.87 bits per heavy atom. The summed E-state index contributed by atoms with van der Waals surface area (Å²) in [4.78, 5) is 37.3. The van der Waals surface area contributed by atoms with Gasteiger partial charge in [0.15, 0.2) is 6.10 Å². The molecule has 7 nitrogen and oxygen atoms in total. The van der Waals surface area contributed by atoms with Gasteiger partial charge in [0.2, 0.25) is 0 Å². The van der Waals surface area contributed by atoms with Gasteiger partial charge in [0, 0.05) is 24.5 Å². The molecule has 0 spiro atoms. The van der Waals surface area contributed by atoms with Crippen molar-refractivity contribution >= 4 is 34.6 Å². The van der Waals surface area contributed by atoms with Crippen LogP contribution in [0.1, 0.15) is 18.9 Å². The number of rotatable bonds is 9. The van der Waals surface area contributed by atoms with Crippen LogP contribution in [0.5, 0.6) is 5.75 Å². The predicted molar refractivity (Wildman–Crippen MR) is 115 cm³/mol. The van der Waals surface area contributed by atoms with Crippen molar-refractivity contribution in [3.63, 3.8) is 0 Å². The zero-order chi connectivity index (χ0) is 21.3. The summed E-state index contributed by atoms with van der Waals surface area (Å²) in [5.41, 5.74) is 1.65. The largest absolute Gasteiger partial charge is 0.489 e. The van der Waals surface area contributed by atoms with Crippen molar-refractivity contribution in [1.82, 2.24) is 4.90 Å². The third-order valence-electron chi connectivity index (χ3n) is 4.48. The molecule has 1 fully saturated rings. The molecule has 0 aliphatic carbocycles. The average molecular weight is 429 g/mol. The Kier molecular flexibility index (Phi) is 7.73. The zero-order valence-corrected chi connectivity index (χ0v) is 17.5. The van der Waals surface area contributed by atoms with Gasteiger partial charge in [-0.3, -0.25) is 14.4 Å². The summed E-state index contributed by atoms with van der Waals surface area (Å²) in [6, 6.07) is 16.8. The number of hydrogen-bond donors (Lipinski definition) is 1. The van der Waals surface area contributed by atoms with E-state index in [1.807, 2.05) is 30.3 Å². The van der Waals surface area contributed by atoms with Crippen molar-refractivity contribution in [2.75, 3.05) is 24.2 Å². The number of carbonyl (C=O) groups excluding carboxylic acids is 3. The molecule has 2 amide bonds. The smallest absolute Gasteiger partial charge is 0.308 e. The third-order valence-corrected chi connectivity index (χ3v) is 5.37. The van der Waals surface area contributed by atoms with E-state index in [0.29, 0.717) is 31.1 Å². The van der Waals surface area contributed by atoms with Gasteiger partial charge in [-0.15, -0.1) is 0 Å². The van der Waals surface area contributed by atoms with Gasteiger partial charge in [0.25, 0.3) is 11.1 Å². The topological polar surface area (TPSA) is 84.9 Å². The lowest BCUT2D eigenvalue weighted by Gasteiger charge is -2.16. The Balaban J connectivity index is 1.40. The number of hydrogen-bond acceptors (Lipinski definition) is 6. The van der Waals surface area contributed by atoms with Crippen LogP contribution >= 0.6 is 11.8 Å². The van der Waals surface area contributed by atoms with Gasteiger partial charge < -0.3 is 19.7 Å². The Morgan fingerprint density at radius 3 is 2.53 bits per heavy atom. The first kappa shape index (κ1) is 21.7. The maximum absolute atomic E-state index is 12.3. The summed E-state index contributed by atoms with van der Waals surface area (Å²) >= 11 is 1.24. The van der Waals surface area contributed by atoms with E-state index >= 15 is 0 Å². The Morgan fingerprint density at radius 1 is 1.13 bits per heavy atom. The van der Waals surface area contributed by atoms with E-state index in [4.69, 9.17) is 9.47 Å². The van der Waals surface area contributed by atoms with E-state index in [1.54, 1.807) is 29.2 Å². The monoisotopic (exact) mass is 428 g/mol. The molecule has 2 aromatic carbocycles. The fraction of sp³-hybridized carbons (Fsp3) is 0.318. The summed E-state index contributed by atoms with van der Waals surface area (Å²) in [6.07, 6.45) is -0.868. The van der Waals surface area contributed by atoms with Crippen molar-refractivity contribution in [1.29, 1.82) is 0 Å². The summed E-state index contributed by atoms with van der Waals surface area (Å²) in [6.45, 7) is 2.92. The van der Waals surface area contributed by atoms with Crippen LogP contribution < -0.4 is 10.1 Å². The first-order chi connectivity index (χ1) is 14.5. The molecule has 0 aromatic heterocycles. The molecule has 2 aromatic rings. The van der Waals surface area contributed by atoms with E-state index in [-0.39, 0.29) is 11.7 Å². The second-order valence-corrected chi connectivity index (χ2v) is 7.82. The van der Waals surface area contributed by atoms with Gasteiger partial charge in [-0.2, -0.15) is 0 Å². The third kappa shape index (κ3) is 6.52. The number of ether oxygens (including phenoxy) is 2. The summed E-state index contributed by atoms with van der Waals surface area (Å²) < 4.78 is 10.9. The molecule has 0 radical (unpaired) electrons. The summed E-state index contributed by atoms with van der Waals surface area (Å²) in [5, 5.41) is 2.69. The fourth-order valence-electron chi connectivity index (χ4n) is 2.78. The van der Waals surface area contributed by atoms with Crippen molar-refractivity contribution in [2.45, 2.75) is 26.1 Å². The second-order valence-electron chi connectivity index (χ2n) is 6.77. The van der Waals surface area contributed by atoms with Gasteiger partial charge >= 0.3 is 5.97 Å². The number of nitrogens with zero attached hydrogens (tertiary/aromatic N) is 1. The minimum atomic E-state index is -0.935. The Labute approximate surface area is 179 Å². The van der Waals surface area contributed by atoms with Gasteiger partial charge in [-0.05, 0) is 36.8 Å². The molecule has 3 rings (SSSR count). The van der Waals surface area contributed by atoms with Crippen LogP contribution in [0.15, 0.2) is 54.6 Å². The first-order valence-corrected chi connectivity index (χ1v) is 10.7. The van der Waals surface area contributed by atoms with Gasteiger partial charge in [-0.1, -0.05) is 42.1 Å². The van der Waals surface area contributed by atoms with Crippen LogP contribution in [-0.4, -0.2) is 47.0 Å². The van der Waals surface area contributed by atoms with Crippen molar-refractivity contribution in [3.8, 4) is 5.75 Å². The highest BCUT2D eigenvalue weighted by molar-refractivity contribution is 8.13. The highest BCUT2D eigenvalue weighted by atomic mass is 32.2. The van der Waals surface area contributed by atoms with Gasteiger partial charge in [-0.25, -0.2) is 0 Å². The molecular formula is C22H24N2O5S. The zero-order valence-electron chi connectivity index (χ0n) is 16.7. The van der Waals surface area contributed by atoms with Crippen molar-refractivity contribution in [2.24, 2.45) is 0 Å². The van der Waals surface area contributed by atoms with E-state index in [9.17, 15) is 14.4 Å². The number of esters is 1. The predicted octanol–water partition coefficient (Wildman–Crippen LogP) is 3.69. The van der Waals surface area contributed by atoms with E-state index in [2.05, 4.69) is 5.32 Å². The Bertz CT molecular complexity index is 873. The number of benzene rings is 2. The van der Waals surface area contributed by atoms with Crippen LogP contribution in [0, 0.1) is 0 Å². The van der Waals surface area contributed by atoms with Crippen molar-refractivity contribution in [3.05, 3.63) is 60.2 Å². The number of thioether (sulfide) groups is 1. The van der Waals surface area contributed by atoms with E-state index in [1.165, 1.54) is 18.7 Å².